The molecule has 1 unspecified atom stereocenters. The van der Waals surface area contributed by atoms with E-state index in [4.69, 9.17) is 4.74 Å². The minimum Gasteiger partial charge on any atom is -0.392 e. The fraction of sp³-hybridized carbons (Fsp3) is 0.643. The molecule has 2 rings (SSSR count). The van der Waals surface area contributed by atoms with Gasteiger partial charge in [-0.3, -0.25) is 0 Å². The van der Waals surface area contributed by atoms with Crippen molar-refractivity contribution in [2.24, 2.45) is 5.92 Å². The smallest absolute Gasteiger partial charge is 0.134 e. The summed E-state index contributed by atoms with van der Waals surface area (Å²) in [5.41, 5.74) is 0.890. The Morgan fingerprint density at radius 3 is 2.94 bits per heavy atom. The van der Waals surface area contributed by atoms with Crippen LogP contribution >= 0.6 is 0 Å². The summed E-state index contributed by atoms with van der Waals surface area (Å²) >= 11 is 0. The normalized spacial score (nSPS) is 16.6. The second-order valence-corrected chi connectivity index (χ2v) is 4.91. The first-order chi connectivity index (χ1) is 8.77. The number of rotatable bonds is 7. The number of aromatic nitrogens is 1. The van der Waals surface area contributed by atoms with Gasteiger partial charge in [-0.05, 0) is 31.7 Å². The summed E-state index contributed by atoms with van der Waals surface area (Å²) in [5.74, 6) is 1.66. The van der Waals surface area contributed by atoms with Crippen LogP contribution in [0.2, 0.25) is 0 Å². The number of aliphatic hydroxyl groups is 1. The highest BCUT2D eigenvalue weighted by atomic mass is 16.5. The molecule has 0 aliphatic heterocycles. The summed E-state index contributed by atoms with van der Waals surface area (Å²) in [6, 6.07) is 4.26. The van der Waals surface area contributed by atoms with Crippen LogP contribution in [0, 0.1) is 5.92 Å². The number of nitrogens with zero attached hydrogens (tertiary/aromatic N) is 2. The Morgan fingerprint density at radius 1 is 1.56 bits per heavy atom. The molecule has 4 heteroatoms. The Labute approximate surface area is 109 Å². The first-order valence-electron chi connectivity index (χ1n) is 6.58. The Bertz CT molecular complexity index is 380. The molecule has 1 atom stereocenters. The van der Waals surface area contributed by atoms with Gasteiger partial charge in [0.1, 0.15) is 5.82 Å². The second kappa shape index (κ2) is 6.16. The Kier molecular flexibility index (Phi) is 4.55. The van der Waals surface area contributed by atoms with Crippen LogP contribution < -0.4 is 4.90 Å². The predicted molar refractivity (Wildman–Crippen MR) is 71.6 cm³/mol. The van der Waals surface area contributed by atoms with E-state index >= 15 is 0 Å². The molecule has 1 aromatic rings. The van der Waals surface area contributed by atoms with Crippen molar-refractivity contribution in [3.63, 3.8) is 0 Å². The zero-order chi connectivity index (χ0) is 13.0. The van der Waals surface area contributed by atoms with Crippen LogP contribution in [0.15, 0.2) is 18.3 Å². The number of methoxy groups -OCH3 is 1. The zero-order valence-electron chi connectivity index (χ0n) is 11.2. The first-order valence-corrected chi connectivity index (χ1v) is 6.58. The Balaban J connectivity index is 2.20. The van der Waals surface area contributed by atoms with Gasteiger partial charge >= 0.3 is 0 Å². The van der Waals surface area contributed by atoms with Crippen molar-refractivity contribution in [2.45, 2.75) is 32.4 Å². The summed E-state index contributed by atoms with van der Waals surface area (Å²) in [7, 11) is 1.71. The summed E-state index contributed by atoms with van der Waals surface area (Å²) in [6.07, 6.45) is 4.38. The predicted octanol–water partition coefficient (Wildman–Crippen LogP) is 1.83. The fourth-order valence-electron chi connectivity index (χ4n) is 2.34. The summed E-state index contributed by atoms with van der Waals surface area (Å²) in [6.45, 7) is 3.77. The number of ether oxygens (including phenoxy) is 1. The maximum Gasteiger partial charge on any atom is 0.134 e. The van der Waals surface area contributed by atoms with E-state index in [-0.39, 0.29) is 6.61 Å². The van der Waals surface area contributed by atoms with Crippen LogP contribution in [0.25, 0.3) is 0 Å². The molecule has 0 radical (unpaired) electrons. The van der Waals surface area contributed by atoms with Crippen molar-refractivity contribution >= 4 is 5.82 Å². The van der Waals surface area contributed by atoms with Crippen LogP contribution in [-0.4, -0.2) is 36.4 Å². The van der Waals surface area contributed by atoms with Gasteiger partial charge < -0.3 is 14.7 Å². The lowest BCUT2D eigenvalue weighted by atomic mass is 10.1. The number of anilines is 1. The summed E-state index contributed by atoms with van der Waals surface area (Å²) < 4.78 is 5.19. The van der Waals surface area contributed by atoms with E-state index in [0.29, 0.717) is 12.6 Å². The number of pyridine rings is 1. The largest absolute Gasteiger partial charge is 0.392 e. The van der Waals surface area contributed by atoms with Crippen molar-refractivity contribution in [3.8, 4) is 0 Å². The van der Waals surface area contributed by atoms with Gasteiger partial charge in [-0.1, -0.05) is 6.07 Å². The summed E-state index contributed by atoms with van der Waals surface area (Å²) in [5, 5.41) is 9.43. The Hall–Kier alpha value is -1.13. The lowest BCUT2D eigenvalue weighted by molar-refractivity contribution is 0.202. The molecule has 1 aliphatic carbocycles. The monoisotopic (exact) mass is 250 g/mol. The van der Waals surface area contributed by atoms with Crippen molar-refractivity contribution in [3.05, 3.63) is 23.9 Å². The van der Waals surface area contributed by atoms with Gasteiger partial charge in [0.05, 0.1) is 13.2 Å². The maximum absolute atomic E-state index is 9.43. The average molecular weight is 250 g/mol. The van der Waals surface area contributed by atoms with E-state index in [0.717, 1.165) is 23.8 Å². The van der Waals surface area contributed by atoms with E-state index < -0.39 is 0 Å². The van der Waals surface area contributed by atoms with Gasteiger partial charge in [0.25, 0.3) is 0 Å². The van der Waals surface area contributed by atoms with Crippen LogP contribution in [0.4, 0.5) is 5.82 Å². The molecule has 1 heterocycles. The molecule has 0 aromatic carbocycles. The van der Waals surface area contributed by atoms with Crippen LogP contribution in [0.1, 0.15) is 25.3 Å². The average Bonchev–Trinajstić information content (AvgIpc) is 3.23. The quantitative estimate of drug-likeness (QED) is 0.802. The number of hydrogen-bond donors (Lipinski definition) is 1. The molecule has 18 heavy (non-hydrogen) atoms. The van der Waals surface area contributed by atoms with Crippen LogP contribution in [0.5, 0.6) is 0 Å². The minimum atomic E-state index is 0.0318. The molecule has 0 bridgehead atoms. The van der Waals surface area contributed by atoms with Crippen molar-refractivity contribution in [1.82, 2.24) is 4.98 Å². The molecule has 4 nitrogen and oxygen atoms in total. The summed E-state index contributed by atoms with van der Waals surface area (Å²) in [4.78, 5) is 6.71. The SMILES string of the molecule is COCCN(c1ncccc1CO)C(C)C1CC1. The molecule has 0 amide bonds. The molecule has 1 fully saturated rings. The number of hydrogen-bond acceptors (Lipinski definition) is 4. The van der Waals surface area contributed by atoms with Crippen molar-refractivity contribution in [1.29, 1.82) is 0 Å². The molecule has 1 aliphatic rings. The van der Waals surface area contributed by atoms with Gasteiger partial charge in [0.2, 0.25) is 0 Å². The highest BCUT2D eigenvalue weighted by molar-refractivity contribution is 5.47. The highest BCUT2D eigenvalue weighted by Crippen LogP contribution is 2.37. The van der Waals surface area contributed by atoms with E-state index in [1.807, 2.05) is 12.1 Å². The molecule has 0 spiro atoms. The van der Waals surface area contributed by atoms with Gasteiger partial charge in [0.15, 0.2) is 0 Å². The molecule has 0 saturated heterocycles. The van der Waals surface area contributed by atoms with Gasteiger partial charge in [0, 0.05) is 31.5 Å². The minimum absolute atomic E-state index is 0.0318. The third kappa shape index (κ3) is 3.00. The lowest BCUT2D eigenvalue weighted by Gasteiger charge is -2.31. The van der Waals surface area contributed by atoms with E-state index in [1.165, 1.54) is 12.8 Å². The van der Waals surface area contributed by atoms with E-state index in [9.17, 15) is 5.11 Å². The molecule has 1 N–H and O–H groups in total. The first kappa shape index (κ1) is 13.3. The lowest BCUT2D eigenvalue weighted by Crippen LogP contribution is -2.38. The molecular formula is C14H22N2O2. The topological polar surface area (TPSA) is 45.6 Å². The second-order valence-electron chi connectivity index (χ2n) is 4.91. The highest BCUT2D eigenvalue weighted by Gasteiger charge is 2.33. The molecular weight excluding hydrogens is 228 g/mol. The van der Waals surface area contributed by atoms with Crippen LogP contribution in [0.3, 0.4) is 0 Å². The Morgan fingerprint density at radius 2 is 2.33 bits per heavy atom. The molecule has 1 aromatic heterocycles. The standard InChI is InChI=1S/C14H22N2O2/c1-11(12-5-6-12)16(8-9-18-2)14-13(10-17)4-3-7-15-14/h3-4,7,11-12,17H,5-6,8-10H2,1-2H3. The van der Waals surface area contributed by atoms with Gasteiger partial charge in [-0.25, -0.2) is 4.98 Å². The van der Waals surface area contributed by atoms with Crippen molar-refractivity contribution < 1.29 is 9.84 Å². The maximum atomic E-state index is 9.43. The number of aliphatic hydroxyl groups excluding tert-OH is 1. The van der Waals surface area contributed by atoms with Crippen molar-refractivity contribution in [2.75, 3.05) is 25.2 Å². The van der Waals surface area contributed by atoms with Crippen LogP contribution in [-0.2, 0) is 11.3 Å². The third-order valence-electron chi connectivity index (χ3n) is 3.64. The zero-order valence-corrected chi connectivity index (χ0v) is 11.2. The fourth-order valence-corrected chi connectivity index (χ4v) is 2.34. The van der Waals surface area contributed by atoms with E-state index in [1.54, 1.807) is 13.3 Å². The van der Waals surface area contributed by atoms with Gasteiger partial charge in [-0.15, -0.1) is 0 Å². The molecule has 1 saturated carbocycles. The van der Waals surface area contributed by atoms with E-state index in [2.05, 4.69) is 16.8 Å². The third-order valence-corrected chi connectivity index (χ3v) is 3.64. The van der Waals surface area contributed by atoms with Gasteiger partial charge in [-0.2, -0.15) is 0 Å². The molecule has 100 valence electrons.